The number of carboxylic acids is 2. The molecule has 1 atom stereocenters. The van der Waals surface area contributed by atoms with Crippen LogP contribution in [0.3, 0.4) is 0 Å². The molecule has 0 aliphatic rings. The number of unbranched alkanes of at least 4 members (excludes halogenated alkanes) is 5. The summed E-state index contributed by atoms with van der Waals surface area (Å²) >= 11 is 0. The van der Waals surface area contributed by atoms with Gasteiger partial charge in [0.25, 0.3) is 0 Å². The summed E-state index contributed by atoms with van der Waals surface area (Å²) in [5.74, 6) is -1.78. The zero-order valence-electron chi connectivity index (χ0n) is 12.1. The maximum atomic E-state index is 11.0. The number of hydrogen-bond acceptors (Lipinski definition) is 3. The summed E-state index contributed by atoms with van der Waals surface area (Å²) in [6, 6.07) is -0.616. The van der Waals surface area contributed by atoms with Crippen molar-refractivity contribution in [3.05, 3.63) is 0 Å². The van der Waals surface area contributed by atoms with Crippen LogP contribution in [0.15, 0.2) is 0 Å². The highest BCUT2D eigenvalue weighted by molar-refractivity contribution is 5.73. The molecular weight excluding hydrogens is 246 g/mol. The number of nitrogens with zero attached hydrogens (tertiary/aromatic N) is 1. The van der Waals surface area contributed by atoms with Gasteiger partial charge in [0, 0.05) is 6.54 Å². The molecule has 5 nitrogen and oxygen atoms in total. The predicted octanol–water partition coefficient (Wildman–Crippen LogP) is 2.60. The maximum absolute atomic E-state index is 11.0. The Balaban J connectivity index is 3.97. The molecule has 0 rings (SSSR count). The number of hydrogen-bond donors (Lipinski definition) is 2. The van der Waals surface area contributed by atoms with Crippen LogP contribution in [0.1, 0.15) is 58.8 Å². The van der Waals surface area contributed by atoms with Gasteiger partial charge in [0.2, 0.25) is 0 Å². The van der Waals surface area contributed by atoms with Crippen molar-refractivity contribution in [1.82, 2.24) is 4.90 Å². The van der Waals surface area contributed by atoms with Gasteiger partial charge in [0.1, 0.15) is 6.04 Å². The van der Waals surface area contributed by atoms with Crippen molar-refractivity contribution in [2.45, 2.75) is 64.8 Å². The molecule has 0 aromatic rings. The molecule has 2 N–H and O–H groups in total. The second-order valence-corrected chi connectivity index (χ2v) is 4.96. The Morgan fingerprint density at radius 1 is 1.00 bits per heavy atom. The zero-order valence-corrected chi connectivity index (χ0v) is 12.1. The fraction of sp³-hybridized carbons (Fsp3) is 0.857. The molecule has 0 aliphatic carbocycles. The Morgan fingerprint density at radius 3 is 2.11 bits per heavy atom. The molecule has 0 amide bonds. The van der Waals surface area contributed by atoms with Crippen LogP contribution in [-0.2, 0) is 9.59 Å². The number of rotatable bonds is 12. The Kier molecular flexibility index (Phi) is 10.2. The molecule has 0 bridgehead atoms. The second kappa shape index (κ2) is 10.8. The third-order valence-electron chi connectivity index (χ3n) is 3.32. The van der Waals surface area contributed by atoms with Gasteiger partial charge < -0.3 is 10.2 Å². The van der Waals surface area contributed by atoms with E-state index in [-0.39, 0.29) is 6.42 Å². The van der Waals surface area contributed by atoms with Gasteiger partial charge in [-0.1, -0.05) is 39.0 Å². The Labute approximate surface area is 115 Å². The van der Waals surface area contributed by atoms with Gasteiger partial charge in [-0.3, -0.25) is 14.5 Å². The second-order valence-electron chi connectivity index (χ2n) is 4.96. The van der Waals surface area contributed by atoms with Crippen LogP contribution in [0.2, 0.25) is 0 Å². The molecule has 5 heteroatoms. The SMILES string of the molecule is CCCCCCCCN(CCC(=O)O)[C@@H](C)C(=O)O. The molecule has 0 fully saturated rings. The minimum absolute atomic E-state index is 0.00649. The van der Waals surface area contributed by atoms with E-state index < -0.39 is 18.0 Å². The monoisotopic (exact) mass is 273 g/mol. The summed E-state index contributed by atoms with van der Waals surface area (Å²) in [4.78, 5) is 23.3. The lowest BCUT2D eigenvalue weighted by Crippen LogP contribution is -2.40. The molecule has 0 unspecified atom stereocenters. The van der Waals surface area contributed by atoms with Gasteiger partial charge >= 0.3 is 11.9 Å². The summed E-state index contributed by atoms with van der Waals surface area (Å²) in [5.41, 5.74) is 0. The van der Waals surface area contributed by atoms with E-state index in [9.17, 15) is 9.59 Å². The van der Waals surface area contributed by atoms with Gasteiger partial charge in [-0.2, -0.15) is 0 Å². The molecule has 0 aromatic heterocycles. The molecule has 0 saturated heterocycles. The number of aliphatic carboxylic acids is 2. The average Bonchev–Trinajstić information content (AvgIpc) is 2.35. The van der Waals surface area contributed by atoms with Crippen LogP contribution in [0.25, 0.3) is 0 Å². The van der Waals surface area contributed by atoms with Gasteiger partial charge in [0.15, 0.2) is 0 Å². The first kappa shape index (κ1) is 17.9. The lowest BCUT2D eigenvalue weighted by atomic mass is 10.1. The van der Waals surface area contributed by atoms with Gasteiger partial charge in [-0.15, -0.1) is 0 Å². The quantitative estimate of drug-likeness (QED) is 0.534. The van der Waals surface area contributed by atoms with Crippen LogP contribution in [0, 0.1) is 0 Å². The summed E-state index contributed by atoms with van der Waals surface area (Å²) in [5, 5.41) is 17.7. The molecule has 0 aromatic carbocycles. The molecule has 0 aliphatic heterocycles. The fourth-order valence-corrected chi connectivity index (χ4v) is 1.99. The molecule has 0 heterocycles. The standard InChI is InChI=1S/C14H27NO4/c1-3-4-5-6-7-8-10-15(11-9-13(16)17)12(2)14(18)19/h12H,3-11H2,1-2H3,(H,16,17)(H,18,19)/t12-/m0/s1. The van der Waals surface area contributed by atoms with Crippen molar-refractivity contribution in [2.75, 3.05) is 13.1 Å². The third-order valence-corrected chi connectivity index (χ3v) is 3.32. The first-order chi connectivity index (χ1) is 8.99. The van der Waals surface area contributed by atoms with Crippen LogP contribution in [-0.4, -0.2) is 46.2 Å². The zero-order chi connectivity index (χ0) is 14.7. The first-order valence-corrected chi connectivity index (χ1v) is 7.17. The highest BCUT2D eigenvalue weighted by Gasteiger charge is 2.20. The Hall–Kier alpha value is -1.10. The van der Waals surface area contributed by atoms with Crippen LogP contribution in [0.5, 0.6) is 0 Å². The lowest BCUT2D eigenvalue weighted by molar-refractivity contribution is -0.144. The maximum Gasteiger partial charge on any atom is 0.320 e. The summed E-state index contributed by atoms with van der Waals surface area (Å²) in [7, 11) is 0. The highest BCUT2D eigenvalue weighted by Crippen LogP contribution is 2.08. The summed E-state index contributed by atoms with van der Waals surface area (Å²) in [6.07, 6.45) is 6.85. The van der Waals surface area contributed by atoms with Crippen molar-refractivity contribution in [3.63, 3.8) is 0 Å². The van der Waals surface area contributed by atoms with E-state index in [1.807, 2.05) is 0 Å². The summed E-state index contributed by atoms with van der Waals surface area (Å²) in [6.45, 7) is 4.74. The van der Waals surface area contributed by atoms with E-state index >= 15 is 0 Å². The lowest BCUT2D eigenvalue weighted by Gasteiger charge is -2.25. The predicted molar refractivity (Wildman–Crippen MR) is 74.3 cm³/mol. The van der Waals surface area contributed by atoms with Crippen molar-refractivity contribution in [1.29, 1.82) is 0 Å². The van der Waals surface area contributed by atoms with E-state index in [2.05, 4.69) is 6.92 Å². The molecular formula is C14H27NO4. The van der Waals surface area contributed by atoms with Gasteiger partial charge in [-0.25, -0.2) is 0 Å². The Bertz CT molecular complexity index is 268. The molecule has 0 spiro atoms. The van der Waals surface area contributed by atoms with E-state index in [0.717, 1.165) is 12.8 Å². The minimum Gasteiger partial charge on any atom is -0.481 e. The molecule has 0 radical (unpaired) electrons. The Morgan fingerprint density at radius 2 is 1.58 bits per heavy atom. The van der Waals surface area contributed by atoms with Gasteiger partial charge in [0.05, 0.1) is 6.42 Å². The average molecular weight is 273 g/mol. The largest absolute Gasteiger partial charge is 0.481 e. The van der Waals surface area contributed by atoms with Crippen molar-refractivity contribution >= 4 is 11.9 Å². The van der Waals surface area contributed by atoms with E-state index in [4.69, 9.17) is 10.2 Å². The van der Waals surface area contributed by atoms with Crippen LogP contribution < -0.4 is 0 Å². The third kappa shape index (κ3) is 9.47. The van der Waals surface area contributed by atoms with Crippen LogP contribution in [0.4, 0.5) is 0 Å². The van der Waals surface area contributed by atoms with Crippen molar-refractivity contribution in [2.24, 2.45) is 0 Å². The van der Waals surface area contributed by atoms with Crippen molar-refractivity contribution < 1.29 is 19.8 Å². The number of carboxylic acid groups (broad SMARTS) is 2. The normalized spacial score (nSPS) is 12.6. The molecule has 0 saturated carbocycles. The molecule has 19 heavy (non-hydrogen) atoms. The summed E-state index contributed by atoms with van der Waals surface area (Å²) < 4.78 is 0. The van der Waals surface area contributed by atoms with Crippen molar-refractivity contribution in [3.8, 4) is 0 Å². The highest BCUT2D eigenvalue weighted by atomic mass is 16.4. The minimum atomic E-state index is -0.892. The van der Waals surface area contributed by atoms with Gasteiger partial charge in [-0.05, 0) is 19.9 Å². The van der Waals surface area contributed by atoms with E-state index in [1.54, 1.807) is 11.8 Å². The van der Waals surface area contributed by atoms with Crippen LogP contribution >= 0.6 is 0 Å². The fourth-order valence-electron chi connectivity index (χ4n) is 1.99. The number of carbonyl (C=O) groups is 2. The molecule has 112 valence electrons. The van der Waals surface area contributed by atoms with E-state index in [1.165, 1.54) is 25.7 Å². The smallest absolute Gasteiger partial charge is 0.320 e. The first-order valence-electron chi connectivity index (χ1n) is 7.17. The van der Waals surface area contributed by atoms with E-state index in [0.29, 0.717) is 13.1 Å². The topological polar surface area (TPSA) is 77.8 Å².